The lowest BCUT2D eigenvalue weighted by Gasteiger charge is -1.98. The summed E-state index contributed by atoms with van der Waals surface area (Å²) in [6.45, 7) is 0. The molecular formula is C8H7NO5. The van der Waals surface area contributed by atoms with Gasteiger partial charge in [0, 0.05) is 8.78 Å². The fraction of sp³-hybridized carbons (Fsp3) is 0.125. The van der Waals surface area contributed by atoms with Crippen LogP contribution in [-0.4, -0.2) is 21.1 Å². The zero-order valence-corrected chi connectivity index (χ0v) is 6.57. The minimum absolute atomic E-state index is 1.08. The molecule has 0 radical (unpaired) electrons. The number of nitro benzene ring substituents is 1. The topological polar surface area (TPSA) is 101 Å². The number of hydrogen-bond acceptors (Lipinski definition) is 4. The number of benzene rings is 1. The van der Waals surface area contributed by atoms with Crippen LogP contribution >= 0.6 is 0 Å². The van der Waals surface area contributed by atoms with Crippen LogP contribution in [0.2, 0.25) is 0 Å². The van der Waals surface area contributed by atoms with Gasteiger partial charge in [-0.3, -0.25) is 14.9 Å². The predicted octanol–water partition coefficient (Wildman–Crippen LogP) is 0.927. The molecule has 74 valence electrons. The maximum atomic E-state index is 10.8. The monoisotopic (exact) mass is 202 g/mol. The fourth-order valence-corrected chi connectivity index (χ4v) is 0.691. The molecule has 14 heavy (non-hydrogen) atoms. The normalized spacial score (nSPS) is 15.9. The Bertz CT molecular complexity index is 588. The third-order valence-electron chi connectivity index (χ3n) is 1.19. The molecule has 1 rings (SSSR count). The van der Waals surface area contributed by atoms with Crippen molar-refractivity contribution in [1.82, 2.24) is 0 Å². The summed E-state index contributed by atoms with van der Waals surface area (Å²) in [5.74, 6) is -3.33. The number of phenols is 1. The van der Waals surface area contributed by atoms with Crippen LogP contribution in [-0.2, 0) is 11.2 Å². The number of nitrogens with zero attached hydrogens (tertiary/aromatic N) is 1. The van der Waals surface area contributed by atoms with E-state index in [4.69, 9.17) is 12.0 Å². The van der Waals surface area contributed by atoms with Gasteiger partial charge >= 0.3 is 11.7 Å². The summed E-state index contributed by atoms with van der Waals surface area (Å²) in [7, 11) is 0. The SMILES string of the molecule is [2H]c1c([2H])c(C([2H])([2H])C(=O)O)c([2H])c([N+](=O)[O-])c1O. The minimum Gasteiger partial charge on any atom is -0.502 e. The first kappa shape index (κ1) is 4.94. The summed E-state index contributed by atoms with van der Waals surface area (Å²) in [6.07, 6.45) is -3.26. The molecule has 1 aromatic rings. The van der Waals surface area contributed by atoms with Gasteiger partial charge in [0.25, 0.3) is 0 Å². The van der Waals surface area contributed by atoms with Crippen LogP contribution in [0, 0.1) is 10.1 Å². The fourth-order valence-electron chi connectivity index (χ4n) is 0.691. The van der Waals surface area contributed by atoms with Crippen molar-refractivity contribution in [2.45, 2.75) is 6.37 Å². The number of nitro groups is 1. The average Bonchev–Trinajstić information content (AvgIpc) is 2.25. The highest BCUT2D eigenvalue weighted by Gasteiger charge is 2.14. The van der Waals surface area contributed by atoms with Gasteiger partial charge in [0.1, 0.15) is 0 Å². The summed E-state index contributed by atoms with van der Waals surface area (Å²) in [5, 5.41) is 28.7. The number of carboxylic acid groups (broad SMARTS) is 1. The average molecular weight is 202 g/mol. The van der Waals surface area contributed by atoms with Gasteiger partial charge in [-0.15, -0.1) is 0 Å². The molecule has 0 saturated carbocycles. The van der Waals surface area contributed by atoms with Gasteiger partial charge in [-0.2, -0.15) is 0 Å². The van der Waals surface area contributed by atoms with Crippen LogP contribution in [0.25, 0.3) is 0 Å². The summed E-state index contributed by atoms with van der Waals surface area (Å²) < 4.78 is 36.5. The van der Waals surface area contributed by atoms with E-state index in [2.05, 4.69) is 0 Å². The Kier molecular flexibility index (Phi) is 1.32. The van der Waals surface area contributed by atoms with E-state index in [1.54, 1.807) is 0 Å². The quantitative estimate of drug-likeness (QED) is 0.560. The van der Waals surface area contributed by atoms with Gasteiger partial charge in [-0.25, -0.2) is 0 Å². The summed E-state index contributed by atoms with van der Waals surface area (Å²) in [5.41, 5.74) is -2.45. The number of carbonyl (C=O) groups is 1. The number of hydrogen-bond donors (Lipinski definition) is 2. The van der Waals surface area contributed by atoms with E-state index in [0.29, 0.717) is 0 Å². The molecule has 0 atom stereocenters. The van der Waals surface area contributed by atoms with E-state index in [0.717, 1.165) is 0 Å². The van der Waals surface area contributed by atoms with Crippen molar-refractivity contribution in [2.24, 2.45) is 0 Å². The molecule has 0 aliphatic rings. The van der Waals surface area contributed by atoms with Gasteiger partial charge in [-0.1, -0.05) is 6.04 Å². The molecule has 0 aliphatic heterocycles. The molecule has 0 unspecified atom stereocenters. The van der Waals surface area contributed by atoms with Crippen LogP contribution in [0.15, 0.2) is 18.1 Å². The Morgan fingerprint density at radius 3 is 2.86 bits per heavy atom. The molecule has 1 aromatic carbocycles. The number of aromatic hydroxyl groups is 1. The van der Waals surface area contributed by atoms with Gasteiger partial charge in [0.15, 0.2) is 5.75 Å². The van der Waals surface area contributed by atoms with E-state index < -0.39 is 52.4 Å². The molecule has 2 N–H and O–H groups in total. The summed E-state index contributed by atoms with van der Waals surface area (Å²) in [4.78, 5) is 20.2. The van der Waals surface area contributed by atoms with Crippen molar-refractivity contribution in [1.29, 1.82) is 0 Å². The van der Waals surface area contributed by atoms with Gasteiger partial charge in [0.2, 0.25) is 0 Å². The molecular weight excluding hydrogens is 190 g/mol. The standard InChI is InChI=1S/C8H7NO5/c10-7-2-1-5(4-8(11)12)3-6(7)9(13)14/h1-3,10H,4H2,(H,11,12)/i1D,2D,3D,4D2. The minimum atomic E-state index is -3.26. The molecule has 0 aromatic heterocycles. The summed E-state index contributed by atoms with van der Waals surface area (Å²) >= 11 is 0. The Morgan fingerprint density at radius 2 is 2.36 bits per heavy atom. The van der Waals surface area contributed by atoms with E-state index >= 15 is 0 Å². The van der Waals surface area contributed by atoms with E-state index in [1.165, 1.54) is 0 Å². The lowest BCUT2D eigenvalue weighted by Crippen LogP contribution is -2.00. The van der Waals surface area contributed by atoms with Crippen LogP contribution in [0.4, 0.5) is 5.69 Å². The Balaban J connectivity index is 3.87. The molecule has 0 bridgehead atoms. The van der Waals surface area contributed by atoms with Gasteiger partial charge in [-0.05, 0) is 11.6 Å². The van der Waals surface area contributed by atoms with Gasteiger partial charge in [0.05, 0.1) is 15.4 Å². The lowest BCUT2D eigenvalue weighted by molar-refractivity contribution is -0.385. The number of aliphatic carboxylic acids is 1. The van der Waals surface area contributed by atoms with Crippen molar-refractivity contribution in [3.8, 4) is 5.75 Å². The first-order valence-electron chi connectivity index (χ1n) is 5.74. The van der Waals surface area contributed by atoms with Crippen molar-refractivity contribution in [2.75, 3.05) is 0 Å². The van der Waals surface area contributed by atoms with Crippen molar-refractivity contribution in [3.63, 3.8) is 0 Å². The highest BCUT2D eigenvalue weighted by atomic mass is 16.6. The highest BCUT2D eigenvalue weighted by Crippen LogP contribution is 2.26. The molecule has 0 fully saturated rings. The lowest BCUT2D eigenvalue weighted by atomic mass is 10.1. The molecule has 0 saturated heterocycles. The molecule has 6 nitrogen and oxygen atoms in total. The maximum absolute atomic E-state index is 10.8. The third-order valence-corrected chi connectivity index (χ3v) is 1.19. The highest BCUT2D eigenvalue weighted by molar-refractivity contribution is 5.70. The smallest absolute Gasteiger partial charge is 0.310 e. The van der Waals surface area contributed by atoms with Crippen LogP contribution in [0.1, 0.15) is 12.4 Å². The first-order valence-corrected chi connectivity index (χ1v) is 3.24. The Morgan fingerprint density at radius 1 is 1.71 bits per heavy atom. The van der Waals surface area contributed by atoms with Crippen molar-refractivity contribution < 1.29 is 26.8 Å². The van der Waals surface area contributed by atoms with Crippen LogP contribution in [0.5, 0.6) is 5.75 Å². The molecule has 0 heterocycles. The molecule has 0 amide bonds. The second-order valence-corrected chi connectivity index (χ2v) is 2.13. The van der Waals surface area contributed by atoms with Crippen molar-refractivity contribution >= 4 is 11.7 Å². The number of rotatable bonds is 3. The number of carboxylic acids is 1. The van der Waals surface area contributed by atoms with Crippen LogP contribution in [0.3, 0.4) is 0 Å². The first-order chi connectivity index (χ1) is 8.53. The Labute approximate surface area is 85.6 Å². The second kappa shape index (κ2) is 3.73. The van der Waals surface area contributed by atoms with Gasteiger partial charge < -0.3 is 10.2 Å². The zero-order chi connectivity index (χ0) is 15.1. The third kappa shape index (κ3) is 2.19. The molecule has 0 aliphatic carbocycles. The maximum Gasteiger partial charge on any atom is 0.310 e. The number of phenolic OH excluding ortho intramolecular Hbond substituents is 1. The molecule has 6 heteroatoms. The second-order valence-electron chi connectivity index (χ2n) is 2.13. The van der Waals surface area contributed by atoms with Crippen molar-refractivity contribution in [3.05, 3.63) is 33.8 Å². The van der Waals surface area contributed by atoms with E-state index in [-0.39, 0.29) is 0 Å². The van der Waals surface area contributed by atoms with Crippen LogP contribution < -0.4 is 0 Å². The Hall–Kier alpha value is -2.11. The zero-order valence-electron chi connectivity index (χ0n) is 11.6. The predicted molar refractivity (Wildman–Crippen MR) is 46.1 cm³/mol. The largest absolute Gasteiger partial charge is 0.502 e. The summed E-state index contributed by atoms with van der Waals surface area (Å²) in [6, 6.07) is -3.43. The van der Waals surface area contributed by atoms with E-state index in [1.807, 2.05) is 0 Å². The van der Waals surface area contributed by atoms with E-state index in [9.17, 15) is 20.0 Å². The molecule has 0 spiro atoms.